The van der Waals surface area contributed by atoms with Crippen LogP contribution >= 0.6 is 0 Å². The molecule has 20 heteroatoms. The molecule has 3 aliphatic rings. The van der Waals surface area contributed by atoms with Crippen LogP contribution in [0.3, 0.4) is 0 Å². The Bertz CT molecular complexity index is 2820. The average molecular weight is 916 g/mol. The van der Waals surface area contributed by atoms with Gasteiger partial charge in [-0.25, -0.2) is 23.1 Å². The molecule has 0 aliphatic carbocycles. The topological polar surface area (TPSA) is 201 Å². The number of aromatic nitrogens is 3. The van der Waals surface area contributed by atoms with E-state index in [0.29, 0.717) is 52.9 Å². The van der Waals surface area contributed by atoms with Crippen LogP contribution < -0.4 is 19.8 Å². The number of H-pyrrole nitrogens is 1. The molecule has 3 saturated heterocycles. The summed E-state index contributed by atoms with van der Waals surface area (Å²) < 4.78 is 75.3. The number of carbonyl (C=O) groups is 4. The number of amides is 3. The van der Waals surface area contributed by atoms with Gasteiger partial charge in [0.2, 0.25) is 17.7 Å². The quantitative estimate of drug-likeness (QED) is 0.0992. The van der Waals surface area contributed by atoms with Crippen molar-refractivity contribution in [3.8, 4) is 11.1 Å². The van der Waals surface area contributed by atoms with Crippen molar-refractivity contribution >= 4 is 61.9 Å². The van der Waals surface area contributed by atoms with Crippen molar-refractivity contribution in [2.45, 2.75) is 57.5 Å². The number of piperidine rings is 2. The van der Waals surface area contributed by atoms with Crippen LogP contribution in [-0.4, -0.2) is 120 Å². The van der Waals surface area contributed by atoms with Gasteiger partial charge in [-0.3, -0.25) is 29.2 Å². The van der Waals surface area contributed by atoms with E-state index in [1.165, 1.54) is 50.8 Å². The summed E-state index contributed by atoms with van der Waals surface area (Å²) in [4.78, 5) is 68.0. The SMILES string of the molecule is CCN(C)S(=O)(=O)Nc1ccc(F)c(C(=O)c2c[nH]c3ncc(-c4cnc(N5CCN(C(=O)CC6(O)CCN(c7ccc(C8CCC(=O)NC8=O)cc7F)CC6)CC5)c(F)c4)cc23)c1C. The van der Waals surface area contributed by atoms with Crippen molar-refractivity contribution in [1.82, 2.24) is 29.5 Å². The number of nitrogens with one attached hydrogen (secondary N) is 3. The van der Waals surface area contributed by atoms with E-state index in [2.05, 4.69) is 25.0 Å². The largest absolute Gasteiger partial charge is 0.389 e. The maximum absolute atomic E-state index is 15.8. The van der Waals surface area contributed by atoms with Gasteiger partial charge in [0.25, 0.3) is 0 Å². The molecule has 0 spiro atoms. The summed E-state index contributed by atoms with van der Waals surface area (Å²) in [5.74, 6) is -4.24. The predicted octanol–water partition coefficient (Wildman–Crippen LogP) is 4.78. The fraction of sp³-hybridized carbons (Fsp3) is 0.378. The minimum absolute atomic E-state index is 0.0459. The Labute approximate surface area is 373 Å². The molecule has 3 fully saturated rings. The summed E-state index contributed by atoms with van der Waals surface area (Å²) in [7, 11) is -2.57. The van der Waals surface area contributed by atoms with Crippen molar-refractivity contribution < 1.29 is 45.9 Å². The van der Waals surface area contributed by atoms with Crippen molar-refractivity contribution in [2.75, 3.05) is 67.4 Å². The van der Waals surface area contributed by atoms with Gasteiger partial charge in [0.1, 0.15) is 17.3 Å². The van der Waals surface area contributed by atoms with Gasteiger partial charge in [-0.05, 0) is 73.7 Å². The van der Waals surface area contributed by atoms with Gasteiger partial charge >= 0.3 is 10.2 Å². The van der Waals surface area contributed by atoms with E-state index in [9.17, 15) is 32.7 Å². The molecule has 3 amide bonds. The molecule has 342 valence electrons. The fourth-order valence-electron chi connectivity index (χ4n) is 8.67. The Morgan fingerprint density at radius 1 is 0.923 bits per heavy atom. The number of piperazine rings is 1. The predicted molar refractivity (Wildman–Crippen MR) is 236 cm³/mol. The molecule has 6 heterocycles. The van der Waals surface area contributed by atoms with Crippen molar-refractivity contribution in [1.29, 1.82) is 0 Å². The van der Waals surface area contributed by atoms with Crippen LogP contribution in [0.4, 0.5) is 30.4 Å². The Morgan fingerprint density at radius 2 is 1.63 bits per heavy atom. The fourth-order valence-corrected chi connectivity index (χ4v) is 9.66. The average Bonchev–Trinajstić information content (AvgIpc) is 3.71. The molecule has 65 heavy (non-hydrogen) atoms. The van der Waals surface area contributed by atoms with E-state index in [4.69, 9.17) is 0 Å². The zero-order chi connectivity index (χ0) is 46.4. The third-order valence-electron chi connectivity index (χ3n) is 12.7. The number of ketones is 1. The molecule has 16 nitrogen and oxygen atoms in total. The second-order valence-electron chi connectivity index (χ2n) is 16.8. The lowest BCUT2D eigenvalue weighted by Gasteiger charge is -2.41. The second kappa shape index (κ2) is 17.9. The molecule has 0 bridgehead atoms. The van der Waals surface area contributed by atoms with E-state index in [0.717, 1.165) is 10.4 Å². The first kappa shape index (κ1) is 45.2. The Kier molecular flexibility index (Phi) is 12.4. The van der Waals surface area contributed by atoms with E-state index in [1.807, 2.05) is 0 Å². The highest BCUT2D eigenvalue weighted by atomic mass is 32.2. The Hall–Kier alpha value is -6.38. The lowest BCUT2D eigenvalue weighted by molar-refractivity contribution is -0.138. The van der Waals surface area contributed by atoms with Gasteiger partial charge in [0.15, 0.2) is 17.4 Å². The summed E-state index contributed by atoms with van der Waals surface area (Å²) in [5, 5.41) is 14.0. The molecule has 3 aromatic heterocycles. The number of rotatable bonds is 12. The van der Waals surface area contributed by atoms with Gasteiger partial charge in [-0.1, -0.05) is 13.0 Å². The van der Waals surface area contributed by atoms with Crippen LogP contribution in [0.1, 0.15) is 72.0 Å². The number of carbonyl (C=O) groups excluding carboxylic acids is 4. The highest BCUT2D eigenvalue weighted by Gasteiger charge is 2.38. The summed E-state index contributed by atoms with van der Waals surface area (Å²) in [6.07, 6.45) is 5.18. The minimum atomic E-state index is -3.96. The molecular formula is C45H48F3N9O7S. The summed E-state index contributed by atoms with van der Waals surface area (Å²) in [5.41, 5.74) is 0.523. The van der Waals surface area contributed by atoms with Gasteiger partial charge in [-0.15, -0.1) is 0 Å². The van der Waals surface area contributed by atoms with Crippen molar-refractivity contribution in [3.05, 3.63) is 101 Å². The number of imide groups is 1. The van der Waals surface area contributed by atoms with E-state index >= 15 is 13.2 Å². The first-order chi connectivity index (χ1) is 30.9. The monoisotopic (exact) mass is 915 g/mol. The molecular weight excluding hydrogens is 868 g/mol. The second-order valence-corrected chi connectivity index (χ2v) is 18.5. The molecule has 3 aliphatic heterocycles. The normalized spacial score (nSPS) is 18.0. The highest BCUT2D eigenvalue weighted by Crippen LogP contribution is 2.35. The van der Waals surface area contributed by atoms with Gasteiger partial charge in [0.05, 0.1) is 34.9 Å². The van der Waals surface area contributed by atoms with Gasteiger partial charge in [0, 0.05) is 99.9 Å². The van der Waals surface area contributed by atoms with Crippen molar-refractivity contribution in [3.63, 3.8) is 0 Å². The number of benzene rings is 2. The first-order valence-electron chi connectivity index (χ1n) is 21.3. The minimum Gasteiger partial charge on any atom is -0.389 e. The lowest BCUT2D eigenvalue weighted by Crippen LogP contribution is -2.52. The number of pyridine rings is 2. The number of aromatic amines is 1. The number of anilines is 3. The zero-order valence-corrected chi connectivity index (χ0v) is 36.8. The van der Waals surface area contributed by atoms with Crippen molar-refractivity contribution in [2.24, 2.45) is 0 Å². The van der Waals surface area contributed by atoms with Gasteiger partial charge in [-0.2, -0.15) is 12.7 Å². The molecule has 2 aromatic carbocycles. The van der Waals surface area contributed by atoms with E-state index < -0.39 is 50.9 Å². The van der Waals surface area contributed by atoms with E-state index in [-0.39, 0.29) is 98.4 Å². The van der Waals surface area contributed by atoms with Crippen LogP contribution in [0.15, 0.2) is 61.1 Å². The molecule has 1 unspecified atom stereocenters. The summed E-state index contributed by atoms with van der Waals surface area (Å²) >= 11 is 0. The third-order valence-corrected chi connectivity index (χ3v) is 14.3. The van der Waals surface area contributed by atoms with Crippen LogP contribution in [0, 0.1) is 24.4 Å². The molecule has 4 N–H and O–H groups in total. The smallest absolute Gasteiger partial charge is 0.301 e. The van der Waals surface area contributed by atoms with Crippen LogP contribution in [0.25, 0.3) is 22.2 Å². The molecule has 8 rings (SSSR count). The number of nitrogens with zero attached hydrogens (tertiary/aromatic N) is 6. The molecule has 0 saturated carbocycles. The summed E-state index contributed by atoms with van der Waals surface area (Å²) in [6, 6.07) is 9.78. The Balaban J connectivity index is 0.879. The number of halogens is 3. The number of fused-ring (bicyclic) bond motifs is 1. The summed E-state index contributed by atoms with van der Waals surface area (Å²) in [6.45, 7) is 5.01. The van der Waals surface area contributed by atoms with Crippen LogP contribution in [0.2, 0.25) is 0 Å². The van der Waals surface area contributed by atoms with Gasteiger partial charge < -0.3 is 24.8 Å². The van der Waals surface area contributed by atoms with E-state index in [1.54, 1.807) is 39.8 Å². The molecule has 5 aromatic rings. The Morgan fingerprint density at radius 3 is 2.31 bits per heavy atom. The van der Waals surface area contributed by atoms with Crippen LogP contribution in [-0.2, 0) is 24.6 Å². The number of hydrogen-bond donors (Lipinski definition) is 4. The number of aliphatic hydroxyl groups is 1. The maximum atomic E-state index is 15.8. The van der Waals surface area contributed by atoms with Crippen LogP contribution in [0.5, 0.6) is 0 Å². The molecule has 1 atom stereocenters. The molecule has 0 radical (unpaired) electrons. The third kappa shape index (κ3) is 9.14. The maximum Gasteiger partial charge on any atom is 0.301 e. The standard InChI is InChI=1S/C45H48F3N9O7S/c1-4-54(3)65(63,64)53-36-8-7-33(46)40(26(36)2)41(60)32-25-50-42-31(32)19-28(23-49-42)29-21-35(48)43(51-24-29)57-17-15-56(16-18-57)39(59)22-45(62)11-13-55(14-12-45)37-9-5-27(20-34(37)47)30-6-10-38(58)52-44(30)61/h5,7-9,19-21,23-25,30,53,62H,4,6,10-18,22H2,1-3H3,(H,49,50)(H,52,58,61). The number of hydrogen-bond acceptors (Lipinski definition) is 11. The highest BCUT2D eigenvalue weighted by molar-refractivity contribution is 7.90. The first-order valence-corrected chi connectivity index (χ1v) is 22.7. The zero-order valence-electron chi connectivity index (χ0n) is 36.0. The lowest BCUT2D eigenvalue weighted by atomic mass is 9.87.